The summed E-state index contributed by atoms with van der Waals surface area (Å²) in [4.78, 5) is 34.3. The molecule has 0 unspecified atom stereocenters. The molecule has 9 heteroatoms. The molecule has 1 aromatic rings. The van der Waals surface area contributed by atoms with Crippen LogP contribution in [0.1, 0.15) is 33.6 Å². The van der Waals surface area contributed by atoms with E-state index in [0.29, 0.717) is 61.8 Å². The smallest absolute Gasteiger partial charge is 0.408 e. The molecule has 33 heavy (non-hydrogen) atoms. The number of hydrogen-bond donors (Lipinski definition) is 1. The molecule has 1 N–H and O–H groups in total. The van der Waals surface area contributed by atoms with Gasteiger partial charge in [-0.25, -0.2) is 4.79 Å². The fourth-order valence-corrected chi connectivity index (χ4v) is 5.55. The number of nitrogens with zero attached hydrogens (tertiary/aromatic N) is 4. The maximum atomic E-state index is 14.2. The molecule has 2 amide bonds. The summed E-state index contributed by atoms with van der Waals surface area (Å²) in [6.45, 7) is 10.8. The molecule has 2 saturated heterocycles. The molecule has 182 valence electrons. The molecule has 1 aromatic carbocycles. The Labute approximate surface area is 206 Å². The summed E-state index contributed by atoms with van der Waals surface area (Å²) in [6, 6.07) is 5.57. The van der Waals surface area contributed by atoms with E-state index in [0.717, 1.165) is 12.2 Å². The van der Waals surface area contributed by atoms with E-state index in [1.165, 1.54) is 17.7 Å². The van der Waals surface area contributed by atoms with Crippen LogP contribution in [0, 0.1) is 11.3 Å². The number of rotatable bonds is 4. The van der Waals surface area contributed by atoms with E-state index in [-0.39, 0.29) is 5.91 Å². The fraction of sp³-hybridized carbons (Fsp3) is 0.667. The number of anilines is 1. The molecule has 1 atom stereocenters. The van der Waals surface area contributed by atoms with Crippen molar-refractivity contribution in [1.82, 2.24) is 14.7 Å². The molecule has 4 rings (SSSR count). The van der Waals surface area contributed by atoms with Crippen LogP contribution in [0.2, 0.25) is 10.0 Å². The van der Waals surface area contributed by atoms with Gasteiger partial charge >= 0.3 is 6.09 Å². The number of benzene rings is 1. The molecular weight excluding hydrogens is 463 g/mol. The van der Waals surface area contributed by atoms with Crippen molar-refractivity contribution in [1.29, 1.82) is 0 Å². The molecule has 2 aliphatic heterocycles. The summed E-state index contributed by atoms with van der Waals surface area (Å²) < 4.78 is 0. The van der Waals surface area contributed by atoms with Crippen LogP contribution in [0.3, 0.4) is 0 Å². The number of piperazine rings is 2. The van der Waals surface area contributed by atoms with Gasteiger partial charge in [0.2, 0.25) is 0 Å². The molecule has 0 aromatic heterocycles. The maximum absolute atomic E-state index is 14.2. The summed E-state index contributed by atoms with van der Waals surface area (Å²) >= 11 is 12.2. The Bertz CT molecular complexity index is 909. The van der Waals surface area contributed by atoms with Gasteiger partial charge in [-0.15, -0.1) is 0 Å². The monoisotopic (exact) mass is 496 g/mol. The summed E-state index contributed by atoms with van der Waals surface area (Å²) in [7, 11) is 0. The lowest BCUT2D eigenvalue weighted by molar-refractivity contribution is -0.158. The topological polar surface area (TPSA) is 67.3 Å². The summed E-state index contributed by atoms with van der Waals surface area (Å²) in [5.41, 5.74) is -0.689. The average molecular weight is 497 g/mol. The third-order valence-corrected chi connectivity index (χ3v) is 8.17. The van der Waals surface area contributed by atoms with E-state index < -0.39 is 17.0 Å². The van der Waals surface area contributed by atoms with Gasteiger partial charge in [0, 0.05) is 58.0 Å². The standard InChI is InChI=1S/C24H34Cl2N4O3/c1-23(2,3)24(16-27(15-17-4-5-17)8-13-30(24)22(32)33)21(31)29-11-9-28(10-12-29)18-6-7-19(25)20(26)14-18/h6-7,14,17H,4-5,8-13,15-16H2,1-3H3,(H,32,33)/t24-/m1/s1. The van der Waals surface area contributed by atoms with Crippen LogP contribution in [-0.2, 0) is 4.79 Å². The van der Waals surface area contributed by atoms with E-state index in [1.807, 2.05) is 37.8 Å². The van der Waals surface area contributed by atoms with Crippen LogP contribution >= 0.6 is 23.2 Å². The first kappa shape index (κ1) is 24.4. The van der Waals surface area contributed by atoms with Crippen molar-refractivity contribution in [3.05, 3.63) is 28.2 Å². The van der Waals surface area contributed by atoms with Crippen molar-refractivity contribution in [3.63, 3.8) is 0 Å². The molecule has 0 radical (unpaired) electrons. The molecule has 1 saturated carbocycles. The minimum atomic E-state index is -1.11. The fourth-order valence-electron chi connectivity index (χ4n) is 5.26. The van der Waals surface area contributed by atoms with Crippen molar-refractivity contribution >= 4 is 40.9 Å². The minimum absolute atomic E-state index is 0.0771. The van der Waals surface area contributed by atoms with Crippen molar-refractivity contribution in [2.24, 2.45) is 11.3 Å². The average Bonchev–Trinajstić information content (AvgIpc) is 3.58. The van der Waals surface area contributed by atoms with Gasteiger partial charge in [-0.2, -0.15) is 0 Å². The first-order valence-electron chi connectivity index (χ1n) is 11.8. The summed E-state index contributed by atoms with van der Waals surface area (Å²) in [6.07, 6.45) is 1.44. The van der Waals surface area contributed by atoms with Gasteiger partial charge in [-0.3, -0.25) is 14.6 Å². The molecule has 2 heterocycles. The number of carbonyl (C=O) groups is 2. The Hall–Kier alpha value is -1.70. The Morgan fingerprint density at radius 1 is 1.03 bits per heavy atom. The molecule has 0 spiro atoms. The highest BCUT2D eigenvalue weighted by Crippen LogP contribution is 2.42. The number of carboxylic acid groups (broad SMARTS) is 1. The van der Waals surface area contributed by atoms with Crippen molar-refractivity contribution in [2.75, 3.05) is 57.3 Å². The second-order valence-electron chi connectivity index (χ2n) is 10.6. The number of hydrogen-bond acceptors (Lipinski definition) is 4. The third-order valence-electron chi connectivity index (χ3n) is 7.43. The van der Waals surface area contributed by atoms with Crippen LogP contribution in [0.4, 0.5) is 10.5 Å². The number of carbonyl (C=O) groups excluding carboxylic acids is 1. The zero-order valence-electron chi connectivity index (χ0n) is 19.7. The minimum Gasteiger partial charge on any atom is -0.465 e. The van der Waals surface area contributed by atoms with Crippen LogP contribution < -0.4 is 4.90 Å². The second-order valence-corrected chi connectivity index (χ2v) is 11.4. The number of amides is 2. The predicted octanol–water partition coefficient (Wildman–Crippen LogP) is 4.13. The summed E-state index contributed by atoms with van der Waals surface area (Å²) in [5, 5.41) is 11.1. The molecule has 3 fully saturated rings. The SMILES string of the molecule is CC(C)(C)[C@]1(C(=O)N2CCN(c3ccc(Cl)c(Cl)c3)CC2)CN(CC2CC2)CCN1C(=O)O. The Morgan fingerprint density at radius 2 is 1.70 bits per heavy atom. The van der Waals surface area contributed by atoms with E-state index in [1.54, 1.807) is 6.07 Å². The quantitative estimate of drug-likeness (QED) is 0.678. The normalized spacial score (nSPS) is 24.8. The molecule has 0 bridgehead atoms. The van der Waals surface area contributed by atoms with E-state index >= 15 is 0 Å². The largest absolute Gasteiger partial charge is 0.465 e. The molecule has 1 aliphatic carbocycles. The van der Waals surface area contributed by atoms with Crippen LogP contribution in [0.5, 0.6) is 0 Å². The predicted molar refractivity (Wildman–Crippen MR) is 131 cm³/mol. The van der Waals surface area contributed by atoms with Crippen molar-refractivity contribution < 1.29 is 14.7 Å². The maximum Gasteiger partial charge on any atom is 0.408 e. The van der Waals surface area contributed by atoms with E-state index in [2.05, 4.69) is 9.80 Å². The Morgan fingerprint density at radius 3 is 2.24 bits per heavy atom. The molecule has 3 aliphatic rings. The van der Waals surface area contributed by atoms with Crippen LogP contribution in [-0.4, -0.2) is 89.7 Å². The lowest BCUT2D eigenvalue weighted by Crippen LogP contribution is -2.75. The zero-order valence-corrected chi connectivity index (χ0v) is 21.2. The van der Waals surface area contributed by atoms with Crippen LogP contribution in [0.15, 0.2) is 18.2 Å². The van der Waals surface area contributed by atoms with Gasteiger partial charge in [0.25, 0.3) is 5.91 Å². The molecule has 7 nitrogen and oxygen atoms in total. The molecular formula is C24H34Cl2N4O3. The van der Waals surface area contributed by atoms with Crippen molar-refractivity contribution in [3.8, 4) is 0 Å². The first-order chi connectivity index (χ1) is 15.5. The zero-order chi connectivity index (χ0) is 24.0. The van der Waals surface area contributed by atoms with Gasteiger partial charge in [0.15, 0.2) is 0 Å². The van der Waals surface area contributed by atoms with Gasteiger partial charge in [0.1, 0.15) is 5.54 Å². The van der Waals surface area contributed by atoms with Gasteiger partial charge in [-0.05, 0) is 42.4 Å². The first-order valence-corrected chi connectivity index (χ1v) is 12.5. The van der Waals surface area contributed by atoms with E-state index in [4.69, 9.17) is 23.2 Å². The second kappa shape index (κ2) is 9.16. The van der Waals surface area contributed by atoms with Gasteiger partial charge < -0.3 is 14.9 Å². The lowest BCUT2D eigenvalue weighted by atomic mass is 9.69. The highest BCUT2D eigenvalue weighted by atomic mass is 35.5. The van der Waals surface area contributed by atoms with Crippen LogP contribution in [0.25, 0.3) is 0 Å². The van der Waals surface area contributed by atoms with Gasteiger partial charge in [-0.1, -0.05) is 44.0 Å². The lowest BCUT2D eigenvalue weighted by Gasteiger charge is -2.56. The number of halogens is 2. The highest BCUT2D eigenvalue weighted by Gasteiger charge is 2.59. The Kier molecular flexibility index (Phi) is 6.78. The summed E-state index contributed by atoms with van der Waals surface area (Å²) in [5.74, 6) is 0.607. The third kappa shape index (κ3) is 4.77. The van der Waals surface area contributed by atoms with Gasteiger partial charge in [0.05, 0.1) is 10.0 Å². The van der Waals surface area contributed by atoms with E-state index in [9.17, 15) is 14.7 Å². The highest BCUT2D eigenvalue weighted by molar-refractivity contribution is 6.42. The Balaban J connectivity index is 1.55. The van der Waals surface area contributed by atoms with Crippen molar-refractivity contribution in [2.45, 2.75) is 39.2 Å².